The molecule has 2 aliphatic rings. The summed E-state index contributed by atoms with van der Waals surface area (Å²) in [5.41, 5.74) is 0.375. The van der Waals surface area contributed by atoms with Crippen LogP contribution in [-0.2, 0) is 4.74 Å². The van der Waals surface area contributed by atoms with E-state index < -0.39 is 0 Å². The fraction of sp³-hybridized carbons (Fsp3) is 0.950. The Morgan fingerprint density at radius 3 is 2.37 bits per heavy atom. The molecule has 6 nitrogen and oxygen atoms in total. The van der Waals surface area contributed by atoms with Gasteiger partial charge in [-0.2, -0.15) is 0 Å². The Hall–Kier alpha value is -0.120. The second-order valence-corrected chi connectivity index (χ2v) is 7.99. The summed E-state index contributed by atoms with van der Waals surface area (Å²) in [5, 5.41) is 6.99. The minimum Gasteiger partial charge on any atom is -0.385 e. The summed E-state index contributed by atoms with van der Waals surface area (Å²) < 4.78 is 5.30. The van der Waals surface area contributed by atoms with E-state index in [0.29, 0.717) is 11.5 Å². The lowest BCUT2D eigenvalue weighted by molar-refractivity contribution is 0.0778. The van der Waals surface area contributed by atoms with E-state index in [-0.39, 0.29) is 24.0 Å². The Morgan fingerprint density at radius 2 is 1.85 bits per heavy atom. The molecule has 2 rings (SSSR count). The number of piperazine rings is 1. The third-order valence-corrected chi connectivity index (χ3v) is 6.21. The van der Waals surface area contributed by atoms with Crippen molar-refractivity contribution in [2.45, 2.75) is 52.5 Å². The Labute approximate surface area is 183 Å². The zero-order valence-electron chi connectivity index (χ0n) is 17.9. The van der Waals surface area contributed by atoms with Crippen LogP contribution in [0.3, 0.4) is 0 Å². The standard InChI is InChI=1S/C20H41N5O.HI/c1-5-21-19(23-17-20(8-7-9-20)10-15-26-4)22-16-18(3)25-13-11-24(6-2)12-14-25;/h18H,5-17H2,1-4H3,(H2,21,22,23);1H. The zero-order chi connectivity index (χ0) is 18.8. The number of likely N-dealkylation sites (N-methyl/N-ethyl adjacent to an activating group) is 1. The average molecular weight is 495 g/mol. The molecular weight excluding hydrogens is 453 g/mol. The molecule has 0 aromatic rings. The molecule has 1 aliphatic heterocycles. The highest BCUT2D eigenvalue weighted by Crippen LogP contribution is 2.44. The first-order chi connectivity index (χ1) is 12.6. The van der Waals surface area contributed by atoms with Crippen molar-refractivity contribution in [2.24, 2.45) is 10.4 Å². The van der Waals surface area contributed by atoms with Crippen molar-refractivity contribution in [3.8, 4) is 0 Å². The number of hydrogen-bond donors (Lipinski definition) is 2. The topological polar surface area (TPSA) is 52.1 Å². The normalized spacial score (nSPS) is 21.9. The number of aliphatic imine (C=N–C) groups is 1. The van der Waals surface area contributed by atoms with Gasteiger partial charge in [-0.05, 0) is 45.1 Å². The van der Waals surface area contributed by atoms with Crippen LogP contribution < -0.4 is 10.6 Å². The van der Waals surface area contributed by atoms with Gasteiger partial charge in [0.15, 0.2) is 5.96 Å². The summed E-state index contributed by atoms with van der Waals surface area (Å²) in [6, 6.07) is 0.531. The number of halogens is 1. The van der Waals surface area contributed by atoms with E-state index in [4.69, 9.17) is 9.73 Å². The first-order valence-corrected chi connectivity index (χ1v) is 10.6. The van der Waals surface area contributed by atoms with E-state index in [1.165, 1.54) is 52.0 Å². The molecule has 160 valence electrons. The van der Waals surface area contributed by atoms with E-state index in [2.05, 4.69) is 41.2 Å². The van der Waals surface area contributed by atoms with Gasteiger partial charge in [-0.25, -0.2) is 0 Å². The SMILES string of the molecule is CCNC(=NCC1(CCOC)CCC1)NCC(C)N1CCN(CC)CC1.I. The summed E-state index contributed by atoms with van der Waals surface area (Å²) in [6.45, 7) is 16.2. The van der Waals surface area contributed by atoms with E-state index in [0.717, 1.165) is 38.6 Å². The van der Waals surface area contributed by atoms with Crippen molar-refractivity contribution in [2.75, 3.05) is 66.1 Å². The highest BCUT2D eigenvalue weighted by atomic mass is 127. The van der Waals surface area contributed by atoms with E-state index in [9.17, 15) is 0 Å². The molecule has 1 heterocycles. The summed E-state index contributed by atoms with van der Waals surface area (Å²) in [6.07, 6.45) is 5.04. The molecule has 1 saturated heterocycles. The number of nitrogens with zero attached hydrogens (tertiary/aromatic N) is 3. The van der Waals surface area contributed by atoms with Gasteiger partial charge >= 0.3 is 0 Å². The maximum Gasteiger partial charge on any atom is 0.191 e. The zero-order valence-corrected chi connectivity index (χ0v) is 20.3. The van der Waals surface area contributed by atoms with Gasteiger partial charge in [0.25, 0.3) is 0 Å². The van der Waals surface area contributed by atoms with Crippen LogP contribution in [-0.4, -0.2) is 87.9 Å². The third-order valence-electron chi connectivity index (χ3n) is 6.21. The Morgan fingerprint density at radius 1 is 1.15 bits per heavy atom. The van der Waals surface area contributed by atoms with Crippen molar-refractivity contribution in [3.05, 3.63) is 0 Å². The lowest BCUT2D eigenvalue weighted by Crippen LogP contribution is -2.53. The quantitative estimate of drug-likeness (QED) is 0.277. The molecule has 1 unspecified atom stereocenters. The summed E-state index contributed by atoms with van der Waals surface area (Å²) in [4.78, 5) is 10.0. The number of hydrogen-bond acceptors (Lipinski definition) is 4. The van der Waals surface area contributed by atoms with Crippen molar-refractivity contribution in [1.82, 2.24) is 20.4 Å². The fourth-order valence-electron chi connectivity index (χ4n) is 3.96. The van der Waals surface area contributed by atoms with Crippen LogP contribution in [0.1, 0.15) is 46.5 Å². The molecule has 0 radical (unpaired) electrons. The Balaban J connectivity index is 0.00000364. The van der Waals surface area contributed by atoms with E-state index >= 15 is 0 Å². The predicted octanol–water partition coefficient (Wildman–Crippen LogP) is 2.39. The van der Waals surface area contributed by atoms with Crippen molar-refractivity contribution >= 4 is 29.9 Å². The molecule has 2 N–H and O–H groups in total. The van der Waals surface area contributed by atoms with Gasteiger partial charge in [-0.15, -0.1) is 24.0 Å². The lowest BCUT2D eigenvalue weighted by Gasteiger charge is -2.41. The van der Waals surface area contributed by atoms with Crippen LogP contribution in [0, 0.1) is 5.41 Å². The van der Waals surface area contributed by atoms with Crippen LogP contribution in [0.15, 0.2) is 4.99 Å². The van der Waals surface area contributed by atoms with Crippen LogP contribution in [0.4, 0.5) is 0 Å². The second kappa shape index (κ2) is 13.2. The van der Waals surface area contributed by atoms with E-state index in [1.807, 2.05) is 0 Å². The molecule has 0 amide bonds. The molecule has 7 heteroatoms. The predicted molar refractivity (Wildman–Crippen MR) is 125 cm³/mol. The average Bonchev–Trinajstić information content (AvgIpc) is 2.64. The largest absolute Gasteiger partial charge is 0.385 e. The molecule has 1 saturated carbocycles. The van der Waals surface area contributed by atoms with E-state index in [1.54, 1.807) is 7.11 Å². The highest BCUT2D eigenvalue weighted by Gasteiger charge is 2.36. The van der Waals surface area contributed by atoms with Gasteiger partial charge in [0.05, 0.1) is 0 Å². The summed E-state index contributed by atoms with van der Waals surface area (Å²) >= 11 is 0. The highest BCUT2D eigenvalue weighted by molar-refractivity contribution is 14.0. The van der Waals surface area contributed by atoms with Crippen LogP contribution in [0.2, 0.25) is 0 Å². The second-order valence-electron chi connectivity index (χ2n) is 7.99. The van der Waals surface area contributed by atoms with Crippen molar-refractivity contribution < 1.29 is 4.74 Å². The van der Waals surface area contributed by atoms with Crippen LogP contribution >= 0.6 is 24.0 Å². The van der Waals surface area contributed by atoms with Crippen LogP contribution in [0.5, 0.6) is 0 Å². The monoisotopic (exact) mass is 495 g/mol. The molecule has 0 spiro atoms. The molecule has 1 aliphatic carbocycles. The van der Waals surface area contributed by atoms with Gasteiger partial charge < -0.3 is 20.3 Å². The molecule has 27 heavy (non-hydrogen) atoms. The number of nitrogens with one attached hydrogen (secondary N) is 2. The van der Waals surface area contributed by atoms with Crippen molar-refractivity contribution in [3.63, 3.8) is 0 Å². The fourth-order valence-corrected chi connectivity index (χ4v) is 3.96. The van der Waals surface area contributed by atoms with Gasteiger partial charge in [0, 0.05) is 65.6 Å². The first-order valence-electron chi connectivity index (χ1n) is 10.6. The summed E-state index contributed by atoms with van der Waals surface area (Å²) in [5.74, 6) is 0.968. The van der Waals surface area contributed by atoms with Crippen LogP contribution in [0.25, 0.3) is 0 Å². The smallest absolute Gasteiger partial charge is 0.191 e. The van der Waals surface area contributed by atoms with Gasteiger partial charge in [-0.1, -0.05) is 13.3 Å². The maximum absolute atomic E-state index is 5.30. The summed E-state index contributed by atoms with van der Waals surface area (Å²) in [7, 11) is 1.79. The molecule has 0 aromatic heterocycles. The van der Waals surface area contributed by atoms with Gasteiger partial charge in [-0.3, -0.25) is 9.89 Å². The molecule has 0 bridgehead atoms. The lowest BCUT2D eigenvalue weighted by atomic mass is 9.67. The van der Waals surface area contributed by atoms with Crippen molar-refractivity contribution in [1.29, 1.82) is 0 Å². The minimum absolute atomic E-state index is 0. The maximum atomic E-state index is 5.30. The Bertz CT molecular complexity index is 423. The number of methoxy groups -OCH3 is 1. The molecule has 2 fully saturated rings. The first kappa shape index (κ1) is 24.9. The van der Waals surface area contributed by atoms with Gasteiger partial charge in [0.1, 0.15) is 0 Å². The number of ether oxygens (including phenoxy) is 1. The van der Waals surface area contributed by atoms with Gasteiger partial charge in [0.2, 0.25) is 0 Å². The Kier molecular flexibility index (Phi) is 12.2. The number of guanidine groups is 1. The molecule has 0 aromatic carbocycles. The number of rotatable bonds is 10. The molecule has 1 atom stereocenters. The third kappa shape index (κ3) is 8.03. The minimum atomic E-state index is 0. The molecular formula is C20H42IN5O.